The molecule has 1 saturated heterocycles. The third kappa shape index (κ3) is 3.96. The summed E-state index contributed by atoms with van der Waals surface area (Å²) >= 11 is 6.45. The maximum absolute atomic E-state index is 6.45. The van der Waals surface area contributed by atoms with Gasteiger partial charge in [-0.1, -0.05) is 48.5 Å². The third-order valence-electron chi connectivity index (χ3n) is 3.56. The lowest BCUT2D eigenvalue weighted by Gasteiger charge is -2.38. The van der Waals surface area contributed by atoms with Crippen molar-refractivity contribution < 1.29 is 0 Å². The smallest absolute Gasteiger partial charge is 0.157 e. The summed E-state index contributed by atoms with van der Waals surface area (Å²) in [4.78, 5) is 4.53. The molecule has 1 N–H and O–H groups in total. The summed E-state index contributed by atoms with van der Waals surface area (Å²) in [6, 6.07) is 10.9. The fraction of sp³-hybridized carbons (Fsp3) is 0.467. The molecule has 1 aliphatic heterocycles. The standard InChI is InChI=1S/C15H22ClN3/c1-12-9-18(3)13(2)10-19(15(16)17-12)11-14-7-5-4-6-8-14/h4-8,13,15,17H,1,9-11H2,2-3H3/t13-,15?/m1/s1. The summed E-state index contributed by atoms with van der Waals surface area (Å²) in [5, 5.41) is 3.26. The molecule has 1 fully saturated rings. The van der Waals surface area contributed by atoms with Crippen molar-refractivity contribution in [3.63, 3.8) is 0 Å². The molecule has 2 atom stereocenters. The Bertz CT molecular complexity index is 421. The number of nitrogens with zero attached hydrogens (tertiary/aromatic N) is 2. The second kappa shape index (κ2) is 6.42. The molecule has 0 aromatic heterocycles. The molecule has 3 nitrogen and oxygen atoms in total. The molecule has 2 rings (SSSR count). The lowest BCUT2D eigenvalue weighted by atomic mass is 10.2. The largest absolute Gasteiger partial charge is 0.360 e. The Labute approximate surface area is 120 Å². The Balaban J connectivity index is 2.10. The molecule has 1 aromatic rings. The Morgan fingerprint density at radius 3 is 2.74 bits per heavy atom. The molecular formula is C15H22ClN3. The molecule has 0 amide bonds. The number of hydrogen-bond acceptors (Lipinski definition) is 3. The summed E-state index contributed by atoms with van der Waals surface area (Å²) in [6.07, 6.45) is 0. The van der Waals surface area contributed by atoms with Crippen molar-refractivity contribution in [3.8, 4) is 0 Å². The van der Waals surface area contributed by atoms with Gasteiger partial charge in [0.25, 0.3) is 0 Å². The predicted molar refractivity (Wildman–Crippen MR) is 80.9 cm³/mol. The van der Waals surface area contributed by atoms with Crippen LogP contribution >= 0.6 is 11.6 Å². The number of nitrogens with one attached hydrogen (secondary N) is 1. The van der Waals surface area contributed by atoms with Crippen molar-refractivity contribution in [2.75, 3.05) is 20.1 Å². The Hall–Kier alpha value is -1.03. The van der Waals surface area contributed by atoms with Gasteiger partial charge in [-0.25, -0.2) is 0 Å². The van der Waals surface area contributed by atoms with E-state index in [0.29, 0.717) is 6.04 Å². The molecule has 1 heterocycles. The van der Waals surface area contributed by atoms with Crippen LogP contribution in [0.3, 0.4) is 0 Å². The minimum atomic E-state index is -0.205. The second-order valence-corrected chi connectivity index (χ2v) is 5.68. The van der Waals surface area contributed by atoms with Gasteiger partial charge < -0.3 is 5.32 Å². The van der Waals surface area contributed by atoms with E-state index >= 15 is 0 Å². The van der Waals surface area contributed by atoms with Gasteiger partial charge in [-0.15, -0.1) is 0 Å². The third-order valence-corrected chi connectivity index (χ3v) is 3.95. The van der Waals surface area contributed by atoms with Crippen LogP contribution in [0.15, 0.2) is 42.6 Å². The summed E-state index contributed by atoms with van der Waals surface area (Å²) < 4.78 is 0. The van der Waals surface area contributed by atoms with Crippen LogP contribution in [0.4, 0.5) is 0 Å². The van der Waals surface area contributed by atoms with Gasteiger partial charge in [0.15, 0.2) is 5.62 Å². The number of alkyl halides is 1. The van der Waals surface area contributed by atoms with Crippen molar-refractivity contribution in [2.24, 2.45) is 0 Å². The molecule has 19 heavy (non-hydrogen) atoms. The van der Waals surface area contributed by atoms with Crippen LogP contribution < -0.4 is 5.32 Å². The Morgan fingerprint density at radius 2 is 2.05 bits per heavy atom. The summed E-state index contributed by atoms with van der Waals surface area (Å²) in [5.74, 6) is 0. The van der Waals surface area contributed by atoms with E-state index < -0.39 is 0 Å². The predicted octanol–water partition coefficient (Wildman–Crippen LogP) is 2.45. The minimum absolute atomic E-state index is 0.205. The molecule has 0 saturated carbocycles. The molecule has 0 aliphatic carbocycles. The van der Waals surface area contributed by atoms with E-state index in [9.17, 15) is 0 Å². The number of hydrogen-bond donors (Lipinski definition) is 1. The zero-order valence-electron chi connectivity index (χ0n) is 11.6. The van der Waals surface area contributed by atoms with Gasteiger partial charge in [0.05, 0.1) is 0 Å². The Kier molecular flexibility index (Phi) is 4.86. The molecule has 0 bridgehead atoms. The highest BCUT2D eigenvalue weighted by atomic mass is 35.5. The van der Waals surface area contributed by atoms with E-state index in [1.807, 2.05) is 6.07 Å². The molecule has 0 radical (unpaired) electrons. The molecule has 1 aromatic carbocycles. The fourth-order valence-corrected chi connectivity index (χ4v) is 2.60. The average Bonchev–Trinajstić information content (AvgIpc) is 2.37. The first-order valence-corrected chi connectivity index (χ1v) is 7.06. The van der Waals surface area contributed by atoms with Gasteiger partial charge in [0.1, 0.15) is 0 Å². The number of benzene rings is 1. The summed E-state index contributed by atoms with van der Waals surface area (Å²) in [6.45, 7) is 8.86. The molecule has 1 aliphatic rings. The van der Waals surface area contributed by atoms with Crippen molar-refractivity contribution >= 4 is 11.6 Å². The van der Waals surface area contributed by atoms with Crippen molar-refractivity contribution in [2.45, 2.75) is 25.1 Å². The maximum Gasteiger partial charge on any atom is 0.157 e. The topological polar surface area (TPSA) is 18.5 Å². The SMILES string of the molecule is C=C1CN(C)[C@H](C)CN(Cc2ccccc2)C(Cl)N1. The number of likely N-dealkylation sites (N-methyl/N-ethyl adjacent to an activating group) is 1. The first kappa shape index (κ1) is 14.4. The molecule has 104 valence electrons. The van der Waals surface area contributed by atoms with Gasteiger partial charge >= 0.3 is 0 Å². The zero-order chi connectivity index (χ0) is 13.8. The second-order valence-electron chi connectivity index (χ2n) is 5.26. The molecular weight excluding hydrogens is 258 g/mol. The van der Waals surface area contributed by atoms with Crippen LogP contribution in [0.1, 0.15) is 12.5 Å². The highest BCUT2D eigenvalue weighted by Gasteiger charge is 2.24. The lowest BCUT2D eigenvalue weighted by molar-refractivity contribution is 0.133. The first-order valence-electron chi connectivity index (χ1n) is 6.63. The van der Waals surface area contributed by atoms with Crippen LogP contribution in [-0.2, 0) is 6.54 Å². The van der Waals surface area contributed by atoms with Gasteiger partial charge in [-0.3, -0.25) is 9.80 Å². The van der Waals surface area contributed by atoms with Gasteiger partial charge in [-0.05, 0) is 19.5 Å². The monoisotopic (exact) mass is 279 g/mol. The maximum atomic E-state index is 6.45. The fourth-order valence-electron chi connectivity index (χ4n) is 2.30. The highest BCUT2D eigenvalue weighted by molar-refractivity contribution is 6.20. The van der Waals surface area contributed by atoms with Crippen LogP contribution in [0.25, 0.3) is 0 Å². The van der Waals surface area contributed by atoms with Crippen LogP contribution in [0.2, 0.25) is 0 Å². The quantitative estimate of drug-likeness (QED) is 0.663. The molecule has 0 spiro atoms. The summed E-state index contributed by atoms with van der Waals surface area (Å²) in [7, 11) is 2.12. The van der Waals surface area contributed by atoms with Crippen molar-refractivity contribution in [1.29, 1.82) is 0 Å². The molecule has 4 heteroatoms. The van der Waals surface area contributed by atoms with Crippen LogP contribution in [0, 0.1) is 0 Å². The first-order chi connectivity index (χ1) is 9.06. The van der Waals surface area contributed by atoms with Crippen molar-refractivity contribution in [1.82, 2.24) is 15.1 Å². The van der Waals surface area contributed by atoms with E-state index in [0.717, 1.165) is 25.3 Å². The number of rotatable bonds is 2. The van der Waals surface area contributed by atoms with Crippen LogP contribution in [0.5, 0.6) is 0 Å². The average molecular weight is 280 g/mol. The van der Waals surface area contributed by atoms with E-state index in [1.54, 1.807) is 0 Å². The van der Waals surface area contributed by atoms with Gasteiger partial charge in [0.2, 0.25) is 0 Å². The van der Waals surface area contributed by atoms with E-state index in [1.165, 1.54) is 5.56 Å². The highest BCUT2D eigenvalue weighted by Crippen LogP contribution is 2.15. The Morgan fingerprint density at radius 1 is 1.37 bits per heavy atom. The van der Waals surface area contributed by atoms with E-state index in [-0.39, 0.29) is 5.62 Å². The van der Waals surface area contributed by atoms with Gasteiger partial charge in [0, 0.05) is 31.4 Å². The normalized spacial score (nSPS) is 26.6. The van der Waals surface area contributed by atoms with Crippen LogP contribution in [-0.4, -0.2) is 41.6 Å². The summed E-state index contributed by atoms with van der Waals surface area (Å²) in [5.41, 5.74) is 2.03. The van der Waals surface area contributed by atoms with Gasteiger partial charge in [-0.2, -0.15) is 0 Å². The number of halogens is 1. The van der Waals surface area contributed by atoms with E-state index in [2.05, 4.69) is 59.9 Å². The zero-order valence-corrected chi connectivity index (χ0v) is 12.4. The molecule has 1 unspecified atom stereocenters. The van der Waals surface area contributed by atoms with E-state index in [4.69, 9.17) is 11.6 Å². The lowest BCUT2D eigenvalue weighted by Crippen LogP contribution is -2.52. The minimum Gasteiger partial charge on any atom is -0.360 e. The van der Waals surface area contributed by atoms with Crippen molar-refractivity contribution in [3.05, 3.63) is 48.2 Å².